The highest BCUT2D eigenvalue weighted by Crippen LogP contribution is 2.32. The third kappa shape index (κ3) is 3.96. The molecule has 25 heavy (non-hydrogen) atoms. The minimum atomic E-state index is -0.349. The summed E-state index contributed by atoms with van der Waals surface area (Å²) in [5, 5.41) is 3.34. The molecule has 1 aliphatic heterocycles. The van der Waals surface area contributed by atoms with E-state index in [-0.39, 0.29) is 24.2 Å². The Balaban J connectivity index is 1.58. The number of carbonyl (C=O) groups excluding carboxylic acids is 2. The number of benzene rings is 1. The van der Waals surface area contributed by atoms with Gasteiger partial charge < -0.3 is 19.5 Å². The molecular formula is C18H20ClN3O3. The van der Waals surface area contributed by atoms with Crippen LogP contribution in [0.5, 0.6) is 5.75 Å². The van der Waals surface area contributed by atoms with E-state index in [9.17, 15) is 9.59 Å². The molecule has 0 aliphatic carbocycles. The first-order chi connectivity index (χ1) is 12.1. The Morgan fingerprint density at radius 2 is 2.12 bits per heavy atom. The molecule has 0 unspecified atom stereocenters. The fraction of sp³-hybridized carbons (Fsp3) is 0.333. The van der Waals surface area contributed by atoms with Gasteiger partial charge in [-0.2, -0.15) is 0 Å². The minimum Gasteiger partial charge on any atom is -0.495 e. The van der Waals surface area contributed by atoms with E-state index in [1.165, 1.54) is 7.11 Å². The van der Waals surface area contributed by atoms with E-state index in [0.29, 0.717) is 36.1 Å². The van der Waals surface area contributed by atoms with Gasteiger partial charge in [-0.05, 0) is 30.3 Å². The van der Waals surface area contributed by atoms with Crippen molar-refractivity contribution in [1.82, 2.24) is 9.88 Å². The van der Waals surface area contributed by atoms with Crippen molar-refractivity contribution in [2.45, 2.75) is 13.0 Å². The number of hydrogen-bond donors (Lipinski definition) is 1. The van der Waals surface area contributed by atoms with Gasteiger partial charge in [-0.25, -0.2) is 0 Å². The summed E-state index contributed by atoms with van der Waals surface area (Å²) in [6.07, 6.45) is 4.10. The first-order valence-corrected chi connectivity index (χ1v) is 8.48. The third-order valence-electron chi connectivity index (χ3n) is 4.28. The van der Waals surface area contributed by atoms with Gasteiger partial charge in [0.1, 0.15) is 5.75 Å². The van der Waals surface area contributed by atoms with Crippen LogP contribution in [0.4, 0.5) is 5.69 Å². The smallest absolute Gasteiger partial charge is 0.227 e. The maximum absolute atomic E-state index is 12.3. The molecule has 1 saturated heterocycles. The van der Waals surface area contributed by atoms with Gasteiger partial charge in [0, 0.05) is 44.1 Å². The van der Waals surface area contributed by atoms with Crippen molar-refractivity contribution in [3.63, 3.8) is 0 Å². The van der Waals surface area contributed by atoms with Crippen LogP contribution in [0.2, 0.25) is 5.02 Å². The summed E-state index contributed by atoms with van der Waals surface area (Å²) in [4.78, 5) is 26.2. The lowest BCUT2D eigenvalue weighted by Crippen LogP contribution is -2.34. The Morgan fingerprint density at radius 3 is 2.80 bits per heavy atom. The number of ether oxygens (including phenoxy) is 1. The molecule has 7 heteroatoms. The second kappa shape index (κ2) is 7.61. The van der Waals surface area contributed by atoms with E-state index in [1.807, 2.05) is 29.1 Å². The summed E-state index contributed by atoms with van der Waals surface area (Å²) in [6.45, 7) is 1.60. The van der Waals surface area contributed by atoms with Crippen molar-refractivity contribution in [3.05, 3.63) is 47.7 Å². The van der Waals surface area contributed by atoms with Crippen LogP contribution in [-0.4, -0.2) is 36.6 Å². The van der Waals surface area contributed by atoms with Crippen LogP contribution in [0.1, 0.15) is 6.42 Å². The quantitative estimate of drug-likeness (QED) is 0.858. The normalized spacial score (nSPS) is 17.0. The van der Waals surface area contributed by atoms with Crippen molar-refractivity contribution in [3.8, 4) is 5.75 Å². The van der Waals surface area contributed by atoms with Crippen molar-refractivity contribution < 1.29 is 14.3 Å². The Labute approximate surface area is 151 Å². The second-order valence-electron chi connectivity index (χ2n) is 5.94. The molecule has 1 fully saturated rings. The lowest BCUT2D eigenvalue weighted by atomic mass is 10.1. The Morgan fingerprint density at radius 1 is 1.36 bits per heavy atom. The topological polar surface area (TPSA) is 63.6 Å². The number of amides is 2. The van der Waals surface area contributed by atoms with Crippen LogP contribution < -0.4 is 15.0 Å². The van der Waals surface area contributed by atoms with Crippen molar-refractivity contribution in [2.75, 3.05) is 25.1 Å². The van der Waals surface area contributed by atoms with E-state index in [1.54, 1.807) is 23.1 Å². The van der Waals surface area contributed by atoms with Gasteiger partial charge in [-0.3, -0.25) is 9.59 Å². The number of halogens is 1. The maximum atomic E-state index is 12.3. The van der Waals surface area contributed by atoms with Gasteiger partial charge in [0.25, 0.3) is 0 Å². The predicted molar refractivity (Wildman–Crippen MR) is 95.9 cm³/mol. The number of hydrogen-bond acceptors (Lipinski definition) is 3. The molecule has 1 aliphatic rings. The molecule has 2 aromatic rings. The zero-order chi connectivity index (χ0) is 17.8. The SMILES string of the molecule is COc1ccc(N2C[C@@H](C(=O)NCCn3cccc3)CC2=O)cc1Cl. The van der Waals surface area contributed by atoms with E-state index >= 15 is 0 Å². The van der Waals surface area contributed by atoms with Gasteiger partial charge in [0.15, 0.2) is 0 Å². The maximum Gasteiger partial charge on any atom is 0.227 e. The van der Waals surface area contributed by atoms with Crippen LogP contribution >= 0.6 is 11.6 Å². The van der Waals surface area contributed by atoms with Crippen LogP contribution in [0.25, 0.3) is 0 Å². The average molecular weight is 362 g/mol. The van der Waals surface area contributed by atoms with E-state index in [2.05, 4.69) is 5.32 Å². The molecule has 0 saturated carbocycles. The zero-order valence-electron chi connectivity index (χ0n) is 13.9. The highest BCUT2D eigenvalue weighted by Gasteiger charge is 2.35. The summed E-state index contributed by atoms with van der Waals surface area (Å²) in [7, 11) is 1.54. The third-order valence-corrected chi connectivity index (χ3v) is 4.57. The summed E-state index contributed by atoms with van der Waals surface area (Å²) in [6, 6.07) is 9.06. The molecule has 0 radical (unpaired) electrons. The molecule has 1 N–H and O–H groups in total. The highest BCUT2D eigenvalue weighted by molar-refractivity contribution is 6.32. The van der Waals surface area contributed by atoms with E-state index < -0.39 is 0 Å². The largest absolute Gasteiger partial charge is 0.495 e. The van der Waals surface area contributed by atoms with Crippen molar-refractivity contribution in [1.29, 1.82) is 0 Å². The first-order valence-electron chi connectivity index (χ1n) is 8.11. The lowest BCUT2D eigenvalue weighted by Gasteiger charge is -2.18. The fourth-order valence-electron chi connectivity index (χ4n) is 2.93. The van der Waals surface area contributed by atoms with E-state index in [4.69, 9.17) is 16.3 Å². The monoisotopic (exact) mass is 361 g/mol. The van der Waals surface area contributed by atoms with Crippen molar-refractivity contribution in [2.24, 2.45) is 5.92 Å². The molecule has 6 nitrogen and oxygen atoms in total. The number of nitrogens with one attached hydrogen (secondary N) is 1. The molecule has 1 aromatic carbocycles. The standard InChI is InChI=1S/C18H20ClN3O3/c1-25-16-5-4-14(11-15(16)19)22-12-13(10-17(22)23)18(24)20-6-9-21-7-2-3-8-21/h2-5,7-8,11,13H,6,9-10,12H2,1H3,(H,20,24)/t13-/m0/s1. The fourth-order valence-corrected chi connectivity index (χ4v) is 3.18. The molecule has 132 valence electrons. The Hall–Kier alpha value is -2.47. The lowest BCUT2D eigenvalue weighted by molar-refractivity contribution is -0.126. The summed E-state index contributed by atoms with van der Waals surface area (Å²) < 4.78 is 7.11. The predicted octanol–water partition coefficient (Wildman–Crippen LogP) is 2.32. The van der Waals surface area contributed by atoms with Gasteiger partial charge in [0.2, 0.25) is 11.8 Å². The van der Waals surface area contributed by atoms with Crippen molar-refractivity contribution >= 4 is 29.1 Å². The molecule has 3 rings (SSSR count). The highest BCUT2D eigenvalue weighted by atomic mass is 35.5. The molecule has 2 heterocycles. The van der Waals surface area contributed by atoms with Gasteiger partial charge in [0.05, 0.1) is 18.1 Å². The summed E-state index contributed by atoms with van der Waals surface area (Å²) in [5.41, 5.74) is 0.679. The average Bonchev–Trinajstić information content (AvgIpc) is 3.24. The zero-order valence-corrected chi connectivity index (χ0v) is 14.7. The molecular weight excluding hydrogens is 342 g/mol. The molecule has 0 spiro atoms. The number of methoxy groups -OCH3 is 1. The van der Waals surface area contributed by atoms with Gasteiger partial charge in [-0.1, -0.05) is 11.6 Å². The number of aromatic nitrogens is 1. The van der Waals surface area contributed by atoms with Gasteiger partial charge in [-0.15, -0.1) is 0 Å². The van der Waals surface area contributed by atoms with Crippen LogP contribution in [-0.2, 0) is 16.1 Å². The van der Waals surface area contributed by atoms with Gasteiger partial charge >= 0.3 is 0 Å². The number of anilines is 1. The number of carbonyl (C=O) groups is 2. The first kappa shape index (κ1) is 17.4. The number of nitrogens with zero attached hydrogens (tertiary/aromatic N) is 2. The van der Waals surface area contributed by atoms with E-state index in [0.717, 1.165) is 0 Å². The minimum absolute atomic E-state index is 0.0770. The second-order valence-corrected chi connectivity index (χ2v) is 6.34. The molecule has 0 bridgehead atoms. The Bertz CT molecular complexity index is 761. The van der Waals surface area contributed by atoms with Crippen LogP contribution in [0, 0.1) is 5.92 Å². The van der Waals surface area contributed by atoms with Crippen LogP contribution in [0.3, 0.4) is 0 Å². The molecule has 2 amide bonds. The Kier molecular flexibility index (Phi) is 5.28. The van der Waals surface area contributed by atoms with Crippen LogP contribution in [0.15, 0.2) is 42.7 Å². The number of rotatable bonds is 6. The summed E-state index contributed by atoms with van der Waals surface area (Å²) >= 11 is 6.13. The molecule has 1 atom stereocenters. The molecule has 1 aromatic heterocycles. The summed E-state index contributed by atoms with van der Waals surface area (Å²) in [5.74, 6) is 0.0313.